The zero-order valence-electron chi connectivity index (χ0n) is 24.1. The van der Waals surface area contributed by atoms with E-state index in [9.17, 15) is 14.4 Å². The maximum atomic E-state index is 12.8. The molecule has 4 rings (SSSR count). The molecule has 0 bridgehead atoms. The van der Waals surface area contributed by atoms with E-state index in [0.29, 0.717) is 50.4 Å². The van der Waals surface area contributed by atoms with Crippen LogP contribution in [-0.2, 0) is 9.53 Å². The summed E-state index contributed by atoms with van der Waals surface area (Å²) in [6, 6.07) is 15.6. The highest BCUT2D eigenvalue weighted by molar-refractivity contribution is 6.08. The van der Waals surface area contributed by atoms with E-state index in [4.69, 9.17) is 10.5 Å². The number of para-hydroxylation sites is 1. The highest BCUT2D eigenvalue weighted by atomic mass is 16.6. The van der Waals surface area contributed by atoms with Crippen LogP contribution >= 0.6 is 0 Å². The minimum atomic E-state index is -0.547. The van der Waals surface area contributed by atoms with Gasteiger partial charge in [-0.15, -0.1) is 0 Å². The number of fused-ring (bicyclic) bond motifs is 1. The number of hydrogen-bond acceptors (Lipinski definition) is 7. The molecular weight excluding hydrogens is 520 g/mol. The maximum Gasteiger partial charge on any atom is 0.407 e. The third kappa shape index (κ3) is 8.33. The van der Waals surface area contributed by atoms with Crippen molar-refractivity contribution in [1.82, 2.24) is 15.2 Å². The number of aromatic nitrogens is 1. The molecule has 10 nitrogen and oxygen atoms in total. The second-order valence-corrected chi connectivity index (χ2v) is 11.2. The van der Waals surface area contributed by atoms with Crippen LogP contribution < -0.4 is 21.3 Å². The average Bonchev–Trinajstić information content (AvgIpc) is 2.94. The molecule has 1 fully saturated rings. The summed E-state index contributed by atoms with van der Waals surface area (Å²) in [6.45, 7) is 8.74. The van der Waals surface area contributed by atoms with E-state index in [1.165, 1.54) is 6.20 Å². The molecule has 0 aliphatic carbocycles. The zero-order chi connectivity index (χ0) is 29.4. The van der Waals surface area contributed by atoms with E-state index in [1.54, 1.807) is 0 Å². The Morgan fingerprint density at radius 2 is 1.71 bits per heavy atom. The van der Waals surface area contributed by atoms with Crippen molar-refractivity contribution in [1.29, 1.82) is 0 Å². The number of rotatable bonds is 10. The number of nitrogens with zero attached hydrogens (tertiary/aromatic N) is 3. The van der Waals surface area contributed by atoms with E-state index in [1.807, 2.05) is 74.2 Å². The molecule has 0 spiro atoms. The van der Waals surface area contributed by atoms with Crippen molar-refractivity contribution in [2.24, 2.45) is 5.73 Å². The van der Waals surface area contributed by atoms with Crippen LogP contribution in [0.3, 0.4) is 0 Å². The minimum absolute atomic E-state index is 0.160. The van der Waals surface area contributed by atoms with Crippen LogP contribution in [0.4, 0.5) is 21.9 Å². The van der Waals surface area contributed by atoms with Crippen molar-refractivity contribution < 1.29 is 19.1 Å². The molecule has 10 heteroatoms. The summed E-state index contributed by atoms with van der Waals surface area (Å²) in [6.07, 6.45) is 4.04. The standard InChI is InChI=1S/C31H40N6O4/c1-31(2,3)41-30(40)33-15-9-5-8-12-27(38)37-18-16-36(17-19-37)23-13-14-26-24(20-23)28(25(21-34-26)29(32)39)35-22-10-6-4-7-11-22/h4,6-7,10-11,13-14,20-21H,5,8-9,12,15-19H2,1-3H3,(H2,32,39)(H,33,40)(H,34,35). The molecule has 3 aromatic rings. The van der Waals surface area contributed by atoms with Gasteiger partial charge in [0.2, 0.25) is 5.91 Å². The van der Waals surface area contributed by atoms with Gasteiger partial charge in [-0.1, -0.05) is 24.6 Å². The summed E-state index contributed by atoms with van der Waals surface area (Å²) in [4.78, 5) is 45.3. The van der Waals surface area contributed by atoms with Gasteiger partial charge in [-0.25, -0.2) is 4.79 Å². The van der Waals surface area contributed by atoms with Gasteiger partial charge >= 0.3 is 6.09 Å². The first-order valence-corrected chi connectivity index (χ1v) is 14.1. The molecular formula is C31H40N6O4. The van der Waals surface area contributed by atoms with Crippen molar-refractivity contribution in [3.8, 4) is 0 Å². The Hall–Kier alpha value is -4.34. The van der Waals surface area contributed by atoms with Crippen molar-refractivity contribution >= 4 is 45.9 Å². The molecule has 218 valence electrons. The predicted octanol–water partition coefficient (Wildman–Crippen LogP) is 4.81. The first-order chi connectivity index (χ1) is 19.6. The number of carbonyl (C=O) groups is 3. The van der Waals surface area contributed by atoms with Crippen molar-refractivity contribution in [3.05, 3.63) is 60.3 Å². The normalized spacial score (nSPS) is 13.6. The van der Waals surface area contributed by atoms with Crippen LogP contribution in [0.2, 0.25) is 0 Å². The summed E-state index contributed by atoms with van der Waals surface area (Å²) in [7, 11) is 0. The third-order valence-corrected chi connectivity index (χ3v) is 6.89. The van der Waals surface area contributed by atoms with E-state index in [0.717, 1.165) is 41.5 Å². The summed E-state index contributed by atoms with van der Waals surface area (Å²) in [5.41, 5.74) is 8.74. The molecule has 0 unspecified atom stereocenters. The van der Waals surface area contributed by atoms with Crippen LogP contribution in [0.1, 0.15) is 56.8 Å². The molecule has 41 heavy (non-hydrogen) atoms. The molecule has 1 aromatic heterocycles. The summed E-state index contributed by atoms with van der Waals surface area (Å²) in [5.74, 6) is -0.387. The zero-order valence-corrected chi connectivity index (χ0v) is 24.1. The van der Waals surface area contributed by atoms with E-state index >= 15 is 0 Å². The lowest BCUT2D eigenvalue weighted by Crippen LogP contribution is -2.48. The number of hydrogen-bond donors (Lipinski definition) is 3. The SMILES string of the molecule is CC(C)(C)OC(=O)NCCCCCC(=O)N1CCN(c2ccc3ncc(C(N)=O)c(Nc4ccccc4)c3c2)CC1. The van der Waals surface area contributed by atoms with Crippen LogP contribution in [0, 0.1) is 0 Å². The van der Waals surface area contributed by atoms with Gasteiger partial charge in [0.15, 0.2) is 0 Å². The molecule has 0 radical (unpaired) electrons. The lowest BCUT2D eigenvalue weighted by atomic mass is 10.1. The molecule has 0 atom stereocenters. The fraction of sp³-hybridized carbons (Fsp3) is 0.419. The van der Waals surface area contributed by atoms with Crippen LogP contribution in [0.5, 0.6) is 0 Å². The van der Waals surface area contributed by atoms with Gasteiger partial charge < -0.3 is 30.9 Å². The topological polar surface area (TPSA) is 130 Å². The highest BCUT2D eigenvalue weighted by Crippen LogP contribution is 2.32. The van der Waals surface area contributed by atoms with Crippen molar-refractivity contribution in [3.63, 3.8) is 0 Å². The van der Waals surface area contributed by atoms with Crippen molar-refractivity contribution in [2.75, 3.05) is 42.9 Å². The molecule has 0 saturated carbocycles. The Balaban J connectivity index is 1.31. The molecule has 2 heterocycles. The number of primary amides is 1. The molecule has 1 aliphatic rings. The number of pyridine rings is 1. The fourth-order valence-corrected chi connectivity index (χ4v) is 4.82. The van der Waals surface area contributed by atoms with Crippen LogP contribution in [0.15, 0.2) is 54.7 Å². The maximum absolute atomic E-state index is 12.8. The number of alkyl carbamates (subject to hydrolysis) is 1. The smallest absolute Gasteiger partial charge is 0.407 e. The number of benzene rings is 2. The first-order valence-electron chi connectivity index (χ1n) is 14.1. The van der Waals surface area contributed by atoms with Gasteiger partial charge in [-0.05, 0) is 63.9 Å². The molecule has 2 aromatic carbocycles. The largest absolute Gasteiger partial charge is 0.444 e. The van der Waals surface area contributed by atoms with Gasteiger partial charge in [-0.3, -0.25) is 14.6 Å². The number of ether oxygens (including phenoxy) is 1. The molecule has 1 aliphatic heterocycles. The summed E-state index contributed by atoms with van der Waals surface area (Å²) < 4.78 is 5.23. The number of nitrogens with one attached hydrogen (secondary N) is 2. The quantitative estimate of drug-likeness (QED) is 0.303. The second kappa shape index (κ2) is 13.3. The number of unbranched alkanes of at least 4 members (excludes halogenated alkanes) is 2. The number of amides is 3. The number of anilines is 3. The molecule has 3 amide bonds. The van der Waals surface area contributed by atoms with Gasteiger partial charge in [-0.2, -0.15) is 0 Å². The number of piperazine rings is 1. The molecule has 4 N–H and O–H groups in total. The third-order valence-electron chi connectivity index (χ3n) is 6.89. The van der Waals surface area contributed by atoms with Crippen molar-refractivity contribution in [2.45, 2.75) is 52.1 Å². The van der Waals surface area contributed by atoms with Gasteiger partial charge in [0.05, 0.1) is 16.8 Å². The minimum Gasteiger partial charge on any atom is -0.444 e. The summed E-state index contributed by atoms with van der Waals surface area (Å²) >= 11 is 0. The first kappa shape index (κ1) is 29.6. The fourth-order valence-electron chi connectivity index (χ4n) is 4.82. The van der Waals surface area contributed by atoms with Crippen LogP contribution in [0.25, 0.3) is 10.9 Å². The second-order valence-electron chi connectivity index (χ2n) is 11.2. The van der Waals surface area contributed by atoms with E-state index in [2.05, 4.69) is 20.5 Å². The van der Waals surface area contributed by atoms with E-state index < -0.39 is 17.6 Å². The monoisotopic (exact) mass is 560 g/mol. The Morgan fingerprint density at radius 3 is 2.39 bits per heavy atom. The Labute approximate surface area is 241 Å². The molecule has 1 saturated heterocycles. The highest BCUT2D eigenvalue weighted by Gasteiger charge is 2.22. The van der Waals surface area contributed by atoms with E-state index in [-0.39, 0.29) is 5.91 Å². The average molecular weight is 561 g/mol. The lowest BCUT2D eigenvalue weighted by molar-refractivity contribution is -0.131. The Morgan fingerprint density at radius 1 is 0.976 bits per heavy atom. The number of nitrogens with two attached hydrogens (primary N) is 1. The Bertz CT molecular complexity index is 1360. The van der Waals surface area contributed by atoms with Gasteiger partial charge in [0.1, 0.15) is 5.60 Å². The van der Waals surface area contributed by atoms with Crippen LogP contribution in [-0.4, -0.2) is 66.1 Å². The number of carbonyl (C=O) groups excluding carboxylic acids is 3. The van der Waals surface area contributed by atoms with Gasteiger partial charge in [0, 0.05) is 62.1 Å². The van der Waals surface area contributed by atoms with Gasteiger partial charge in [0.25, 0.3) is 5.91 Å². The lowest BCUT2D eigenvalue weighted by Gasteiger charge is -2.36. The Kier molecular flexibility index (Phi) is 9.65. The summed E-state index contributed by atoms with van der Waals surface area (Å²) in [5, 5.41) is 6.92. The predicted molar refractivity (Wildman–Crippen MR) is 161 cm³/mol.